The van der Waals surface area contributed by atoms with Crippen molar-refractivity contribution in [2.45, 2.75) is 19.4 Å². The molecule has 0 bridgehead atoms. The third-order valence-electron chi connectivity index (χ3n) is 3.06. The van der Waals surface area contributed by atoms with Gasteiger partial charge in [-0.2, -0.15) is 0 Å². The first-order valence-electron chi connectivity index (χ1n) is 6.08. The summed E-state index contributed by atoms with van der Waals surface area (Å²) in [6, 6.07) is 6.70. The molecule has 0 aliphatic carbocycles. The molecule has 0 spiro atoms. The number of nitrogens with two attached hydrogens (primary N) is 1. The van der Waals surface area contributed by atoms with Gasteiger partial charge < -0.3 is 16.0 Å². The van der Waals surface area contributed by atoms with Crippen LogP contribution in [0.5, 0.6) is 0 Å². The molecule has 1 aromatic rings. The fourth-order valence-electron chi connectivity index (χ4n) is 2.06. The first kappa shape index (κ1) is 12.4. The molecule has 3 amide bonds. The van der Waals surface area contributed by atoms with Gasteiger partial charge in [-0.15, -0.1) is 0 Å². The van der Waals surface area contributed by atoms with Crippen LogP contribution in [0.15, 0.2) is 24.3 Å². The minimum Gasteiger partial charge on any atom is -0.352 e. The van der Waals surface area contributed by atoms with Gasteiger partial charge in [-0.05, 0) is 30.5 Å². The molecular weight excluding hydrogens is 230 g/mol. The maximum absolute atomic E-state index is 12.1. The number of carbonyl (C=O) groups is 2. The molecule has 1 saturated heterocycles. The molecule has 18 heavy (non-hydrogen) atoms. The number of likely N-dealkylation sites (tertiary alicyclic amines) is 1. The minimum atomic E-state index is -0.549. The summed E-state index contributed by atoms with van der Waals surface area (Å²) >= 11 is 0. The Kier molecular flexibility index (Phi) is 3.82. The van der Waals surface area contributed by atoms with Crippen molar-refractivity contribution in [1.29, 1.82) is 0 Å². The third-order valence-corrected chi connectivity index (χ3v) is 3.06. The molecule has 0 unspecified atom stereocenters. The number of rotatable bonds is 3. The summed E-state index contributed by atoms with van der Waals surface area (Å²) in [7, 11) is 0. The second-order valence-corrected chi connectivity index (χ2v) is 4.41. The molecule has 3 N–H and O–H groups in total. The van der Waals surface area contributed by atoms with Crippen molar-refractivity contribution in [1.82, 2.24) is 10.2 Å². The van der Waals surface area contributed by atoms with Gasteiger partial charge >= 0.3 is 6.03 Å². The van der Waals surface area contributed by atoms with Crippen molar-refractivity contribution in [2.75, 3.05) is 13.1 Å². The Hall–Kier alpha value is -2.04. The van der Waals surface area contributed by atoms with E-state index in [0.717, 1.165) is 31.5 Å². The first-order chi connectivity index (χ1) is 8.66. The Balaban J connectivity index is 1.98. The Bertz CT molecular complexity index is 436. The van der Waals surface area contributed by atoms with E-state index in [-0.39, 0.29) is 5.91 Å². The lowest BCUT2D eigenvalue weighted by Crippen LogP contribution is -2.29. The van der Waals surface area contributed by atoms with Crippen LogP contribution in [-0.4, -0.2) is 29.9 Å². The molecule has 0 aromatic heterocycles. The molecule has 5 nitrogen and oxygen atoms in total. The van der Waals surface area contributed by atoms with E-state index in [1.54, 1.807) is 12.1 Å². The number of hydrogen-bond acceptors (Lipinski definition) is 2. The zero-order chi connectivity index (χ0) is 13.0. The monoisotopic (exact) mass is 247 g/mol. The molecule has 1 fully saturated rings. The minimum absolute atomic E-state index is 0.0851. The molecule has 0 radical (unpaired) electrons. The van der Waals surface area contributed by atoms with Crippen LogP contribution in [0.4, 0.5) is 4.79 Å². The third kappa shape index (κ3) is 3.00. The summed E-state index contributed by atoms with van der Waals surface area (Å²) in [4.78, 5) is 24.5. The van der Waals surface area contributed by atoms with Crippen LogP contribution in [-0.2, 0) is 6.54 Å². The van der Waals surface area contributed by atoms with Crippen molar-refractivity contribution < 1.29 is 9.59 Å². The topological polar surface area (TPSA) is 75.4 Å². The van der Waals surface area contributed by atoms with E-state index in [9.17, 15) is 9.59 Å². The number of nitrogens with zero attached hydrogens (tertiary/aromatic N) is 1. The maximum Gasteiger partial charge on any atom is 0.312 e. The van der Waals surface area contributed by atoms with Crippen molar-refractivity contribution in [3.8, 4) is 0 Å². The first-order valence-corrected chi connectivity index (χ1v) is 6.08. The second-order valence-electron chi connectivity index (χ2n) is 4.41. The van der Waals surface area contributed by atoms with Crippen LogP contribution in [0.3, 0.4) is 0 Å². The number of hydrogen-bond donors (Lipinski definition) is 2. The van der Waals surface area contributed by atoms with Crippen molar-refractivity contribution in [3.05, 3.63) is 35.4 Å². The number of amides is 3. The quantitative estimate of drug-likeness (QED) is 0.839. The summed E-state index contributed by atoms with van der Waals surface area (Å²) in [5.41, 5.74) is 6.61. The van der Waals surface area contributed by atoms with Gasteiger partial charge in [0.2, 0.25) is 0 Å². The molecule has 96 valence electrons. The number of nitrogens with one attached hydrogen (secondary N) is 1. The molecule has 2 rings (SSSR count). The summed E-state index contributed by atoms with van der Waals surface area (Å²) < 4.78 is 0. The van der Waals surface area contributed by atoms with E-state index < -0.39 is 6.03 Å². The summed E-state index contributed by atoms with van der Waals surface area (Å²) in [6.45, 7) is 2.08. The van der Waals surface area contributed by atoms with E-state index in [1.165, 1.54) is 0 Å². The number of carbonyl (C=O) groups excluding carboxylic acids is 2. The van der Waals surface area contributed by atoms with Crippen LogP contribution in [0.2, 0.25) is 0 Å². The van der Waals surface area contributed by atoms with Gasteiger partial charge in [0.05, 0.1) is 0 Å². The highest BCUT2D eigenvalue weighted by Gasteiger charge is 2.18. The van der Waals surface area contributed by atoms with Gasteiger partial charge in [-0.3, -0.25) is 4.79 Å². The molecule has 1 aliphatic heterocycles. The largest absolute Gasteiger partial charge is 0.352 e. The molecular formula is C13H17N3O2. The Morgan fingerprint density at radius 1 is 1.17 bits per heavy atom. The van der Waals surface area contributed by atoms with Gasteiger partial charge in [-0.1, -0.05) is 12.1 Å². The molecule has 0 atom stereocenters. The average molecular weight is 247 g/mol. The van der Waals surface area contributed by atoms with Gasteiger partial charge in [-0.25, -0.2) is 4.79 Å². The van der Waals surface area contributed by atoms with E-state index in [2.05, 4.69) is 5.32 Å². The lowest BCUT2D eigenvalue weighted by molar-refractivity contribution is 0.0793. The Morgan fingerprint density at radius 2 is 1.78 bits per heavy atom. The predicted octanol–water partition coefficient (Wildman–Crippen LogP) is 1.09. The van der Waals surface area contributed by atoms with Gasteiger partial charge in [0, 0.05) is 25.2 Å². The lowest BCUT2D eigenvalue weighted by Gasteiger charge is -2.15. The van der Waals surface area contributed by atoms with Crippen LogP contribution in [0.1, 0.15) is 28.8 Å². The van der Waals surface area contributed by atoms with E-state index in [4.69, 9.17) is 5.73 Å². The van der Waals surface area contributed by atoms with Crippen LogP contribution < -0.4 is 11.1 Å². The van der Waals surface area contributed by atoms with Crippen LogP contribution >= 0.6 is 0 Å². The summed E-state index contributed by atoms with van der Waals surface area (Å²) in [5, 5.41) is 2.51. The smallest absolute Gasteiger partial charge is 0.312 e. The fourth-order valence-corrected chi connectivity index (χ4v) is 2.06. The second kappa shape index (κ2) is 5.53. The molecule has 5 heteroatoms. The Morgan fingerprint density at radius 3 is 2.33 bits per heavy atom. The zero-order valence-corrected chi connectivity index (χ0v) is 10.2. The predicted molar refractivity (Wildman–Crippen MR) is 68.0 cm³/mol. The molecule has 1 heterocycles. The number of benzene rings is 1. The van der Waals surface area contributed by atoms with Gasteiger partial charge in [0.15, 0.2) is 0 Å². The number of primary amides is 1. The van der Waals surface area contributed by atoms with E-state index >= 15 is 0 Å². The van der Waals surface area contributed by atoms with Crippen LogP contribution in [0.25, 0.3) is 0 Å². The van der Waals surface area contributed by atoms with E-state index in [1.807, 2.05) is 17.0 Å². The molecule has 0 saturated carbocycles. The van der Waals surface area contributed by atoms with Gasteiger partial charge in [0.1, 0.15) is 0 Å². The highest BCUT2D eigenvalue weighted by Crippen LogP contribution is 2.13. The number of urea groups is 1. The zero-order valence-electron chi connectivity index (χ0n) is 10.2. The van der Waals surface area contributed by atoms with E-state index in [0.29, 0.717) is 12.1 Å². The lowest BCUT2D eigenvalue weighted by atomic mass is 10.1. The maximum atomic E-state index is 12.1. The summed E-state index contributed by atoms with van der Waals surface area (Å²) in [6.07, 6.45) is 2.18. The van der Waals surface area contributed by atoms with Gasteiger partial charge in [0.25, 0.3) is 5.91 Å². The highest BCUT2D eigenvalue weighted by atomic mass is 16.2. The fraction of sp³-hybridized carbons (Fsp3) is 0.385. The summed E-state index contributed by atoms with van der Waals surface area (Å²) in [5.74, 6) is 0.0851. The van der Waals surface area contributed by atoms with Crippen LogP contribution in [0, 0.1) is 0 Å². The molecule has 1 aliphatic rings. The average Bonchev–Trinajstić information content (AvgIpc) is 2.90. The standard InChI is InChI=1S/C13H17N3O2/c14-13(18)15-9-10-3-5-11(6-4-10)12(17)16-7-1-2-8-16/h3-6H,1-2,7-9H2,(H3,14,15,18). The van der Waals surface area contributed by atoms with Crippen molar-refractivity contribution in [3.63, 3.8) is 0 Å². The van der Waals surface area contributed by atoms with Crippen molar-refractivity contribution >= 4 is 11.9 Å². The van der Waals surface area contributed by atoms with Crippen molar-refractivity contribution in [2.24, 2.45) is 5.73 Å². The normalized spacial score (nSPS) is 14.6. The molecule has 1 aromatic carbocycles. The Labute approximate surface area is 106 Å². The SMILES string of the molecule is NC(=O)NCc1ccc(C(=O)N2CCCC2)cc1. The highest BCUT2D eigenvalue weighted by molar-refractivity contribution is 5.94.